The summed E-state index contributed by atoms with van der Waals surface area (Å²) in [5.41, 5.74) is 0.0513. The van der Waals surface area contributed by atoms with E-state index in [0.717, 1.165) is 11.6 Å². The number of fused-ring (bicyclic) bond motifs is 1. The number of aromatic nitrogens is 5. The number of nitrogens with zero attached hydrogens (tertiary/aromatic N) is 5. The van der Waals surface area contributed by atoms with Crippen LogP contribution in [0.5, 0.6) is 0 Å². The summed E-state index contributed by atoms with van der Waals surface area (Å²) in [5.74, 6) is -1.11. The van der Waals surface area contributed by atoms with E-state index in [1.807, 2.05) is 0 Å². The molecule has 3 heterocycles. The van der Waals surface area contributed by atoms with Gasteiger partial charge in [-0.1, -0.05) is 12.1 Å². The summed E-state index contributed by atoms with van der Waals surface area (Å²) < 4.78 is 68.1. The monoisotopic (exact) mass is 464 g/mol. The van der Waals surface area contributed by atoms with Crippen molar-refractivity contribution in [2.45, 2.75) is 33.2 Å². The Balaban J connectivity index is 1.62. The van der Waals surface area contributed by atoms with Gasteiger partial charge in [0.2, 0.25) is 0 Å². The van der Waals surface area contributed by atoms with Gasteiger partial charge in [0.05, 0.1) is 23.6 Å². The summed E-state index contributed by atoms with van der Waals surface area (Å²) >= 11 is 0. The van der Waals surface area contributed by atoms with Gasteiger partial charge in [0, 0.05) is 6.07 Å². The number of benzene rings is 1. The summed E-state index contributed by atoms with van der Waals surface area (Å²) in [6, 6.07) is 7.50. The fraction of sp³-hybridized carbons (Fsp3) is 0.238. The molecule has 3 aromatic heterocycles. The van der Waals surface area contributed by atoms with Crippen molar-refractivity contribution in [1.82, 2.24) is 24.4 Å². The number of carbonyl (C=O) groups excluding carboxylic acids is 1. The zero-order valence-electron chi connectivity index (χ0n) is 17.4. The SMILES string of the molecule is Cc1nn(Cc2ccc(F)cc2)c(C)c1NC(=O)c1cc2nc(C(F)F)cc(C(F)F)n2n1. The molecular formula is C21H17F5N6O. The zero-order chi connectivity index (χ0) is 23.9. The Morgan fingerprint density at radius 1 is 1.03 bits per heavy atom. The van der Waals surface area contributed by atoms with Gasteiger partial charge < -0.3 is 5.32 Å². The van der Waals surface area contributed by atoms with Gasteiger partial charge in [-0.3, -0.25) is 9.48 Å². The van der Waals surface area contributed by atoms with Gasteiger partial charge in [0.1, 0.15) is 17.2 Å². The molecule has 12 heteroatoms. The van der Waals surface area contributed by atoms with Crippen LogP contribution in [0.25, 0.3) is 5.65 Å². The highest BCUT2D eigenvalue weighted by Crippen LogP contribution is 2.26. The van der Waals surface area contributed by atoms with E-state index in [4.69, 9.17) is 0 Å². The molecule has 1 N–H and O–H groups in total. The second-order valence-electron chi connectivity index (χ2n) is 7.29. The Kier molecular flexibility index (Phi) is 5.83. The quantitative estimate of drug-likeness (QED) is 0.414. The van der Waals surface area contributed by atoms with Crippen LogP contribution in [0.2, 0.25) is 0 Å². The predicted octanol–water partition coefficient (Wildman–Crippen LogP) is 4.86. The Bertz CT molecular complexity index is 1330. The molecule has 0 saturated carbocycles. The highest BCUT2D eigenvalue weighted by Gasteiger charge is 2.23. The normalized spacial score (nSPS) is 11.7. The molecule has 0 aliphatic heterocycles. The van der Waals surface area contributed by atoms with E-state index >= 15 is 0 Å². The van der Waals surface area contributed by atoms with E-state index in [1.165, 1.54) is 12.1 Å². The number of anilines is 1. The number of amides is 1. The molecule has 172 valence electrons. The molecule has 1 amide bonds. The van der Waals surface area contributed by atoms with E-state index in [9.17, 15) is 26.7 Å². The average molecular weight is 464 g/mol. The Hall–Kier alpha value is -3.83. The van der Waals surface area contributed by atoms with Crippen molar-refractivity contribution in [1.29, 1.82) is 0 Å². The van der Waals surface area contributed by atoms with E-state index < -0.39 is 30.1 Å². The molecule has 0 saturated heterocycles. The maximum atomic E-state index is 13.3. The van der Waals surface area contributed by atoms with Crippen molar-refractivity contribution in [3.05, 3.63) is 76.2 Å². The van der Waals surface area contributed by atoms with Gasteiger partial charge in [-0.05, 0) is 37.6 Å². The average Bonchev–Trinajstić information content (AvgIpc) is 3.31. The van der Waals surface area contributed by atoms with E-state index in [-0.39, 0.29) is 17.2 Å². The standard InChI is InChI=1S/C21H17F5N6O/c1-10-18(11(2)31(29-10)9-12-3-5-13(22)6-4-12)28-21(33)15-8-17-27-14(19(23)24)7-16(20(25)26)32(17)30-15/h3-8,19-20H,9H2,1-2H3,(H,28,33). The molecule has 0 spiro atoms. The fourth-order valence-electron chi connectivity index (χ4n) is 3.37. The number of hydrogen-bond donors (Lipinski definition) is 1. The minimum absolute atomic E-state index is 0.277. The number of carbonyl (C=O) groups is 1. The molecule has 1 aromatic carbocycles. The van der Waals surface area contributed by atoms with Crippen molar-refractivity contribution in [2.75, 3.05) is 5.32 Å². The number of hydrogen-bond acceptors (Lipinski definition) is 4. The molecule has 4 rings (SSSR count). The molecule has 4 aromatic rings. The lowest BCUT2D eigenvalue weighted by atomic mass is 10.2. The van der Waals surface area contributed by atoms with Crippen LogP contribution in [0.15, 0.2) is 36.4 Å². The molecule has 0 aliphatic carbocycles. The minimum atomic E-state index is -3.10. The minimum Gasteiger partial charge on any atom is -0.317 e. The van der Waals surface area contributed by atoms with Gasteiger partial charge in [-0.15, -0.1) is 0 Å². The maximum absolute atomic E-state index is 13.3. The highest BCUT2D eigenvalue weighted by atomic mass is 19.3. The first-order valence-corrected chi connectivity index (χ1v) is 9.70. The third kappa shape index (κ3) is 4.41. The zero-order valence-corrected chi connectivity index (χ0v) is 17.4. The van der Waals surface area contributed by atoms with Crippen LogP contribution in [0.3, 0.4) is 0 Å². The van der Waals surface area contributed by atoms with Crippen LogP contribution in [-0.2, 0) is 6.54 Å². The Morgan fingerprint density at radius 2 is 1.73 bits per heavy atom. The van der Waals surface area contributed by atoms with Crippen LogP contribution in [0.1, 0.15) is 51.7 Å². The van der Waals surface area contributed by atoms with E-state index in [0.29, 0.717) is 34.2 Å². The first-order valence-electron chi connectivity index (χ1n) is 9.70. The third-order valence-corrected chi connectivity index (χ3v) is 5.02. The van der Waals surface area contributed by atoms with Gasteiger partial charge in [0.25, 0.3) is 18.8 Å². The summed E-state index contributed by atoms with van der Waals surface area (Å²) in [6.07, 6.45) is -6.16. The van der Waals surface area contributed by atoms with E-state index in [2.05, 4.69) is 20.5 Å². The first-order chi connectivity index (χ1) is 15.6. The molecule has 0 atom stereocenters. The van der Waals surface area contributed by atoms with Crippen LogP contribution in [0, 0.1) is 19.7 Å². The number of halogens is 5. The van der Waals surface area contributed by atoms with Crippen LogP contribution >= 0.6 is 0 Å². The highest BCUT2D eigenvalue weighted by molar-refractivity contribution is 6.04. The lowest BCUT2D eigenvalue weighted by Gasteiger charge is -2.07. The fourth-order valence-corrected chi connectivity index (χ4v) is 3.37. The smallest absolute Gasteiger partial charge is 0.280 e. The Morgan fingerprint density at radius 3 is 2.36 bits per heavy atom. The predicted molar refractivity (Wildman–Crippen MR) is 108 cm³/mol. The molecule has 33 heavy (non-hydrogen) atoms. The van der Waals surface area contributed by atoms with Crippen LogP contribution in [0.4, 0.5) is 27.6 Å². The summed E-state index contributed by atoms with van der Waals surface area (Å²) in [4.78, 5) is 16.4. The lowest BCUT2D eigenvalue weighted by molar-refractivity contribution is 0.102. The first kappa shape index (κ1) is 22.4. The van der Waals surface area contributed by atoms with Crippen molar-refractivity contribution in [3.63, 3.8) is 0 Å². The molecule has 0 radical (unpaired) electrons. The van der Waals surface area contributed by atoms with Crippen molar-refractivity contribution in [2.24, 2.45) is 0 Å². The molecule has 0 bridgehead atoms. The second kappa shape index (κ2) is 8.60. The lowest BCUT2D eigenvalue weighted by Crippen LogP contribution is -2.14. The van der Waals surface area contributed by atoms with Gasteiger partial charge >= 0.3 is 0 Å². The van der Waals surface area contributed by atoms with Crippen molar-refractivity contribution in [3.8, 4) is 0 Å². The molecule has 0 unspecified atom stereocenters. The Labute approximate surface area is 183 Å². The summed E-state index contributed by atoms with van der Waals surface area (Å²) in [7, 11) is 0. The molecular weight excluding hydrogens is 447 g/mol. The van der Waals surface area contributed by atoms with Gasteiger partial charge in [0.15, 0.2) is 11.3 Å². The largest absolute Gasteiger partial charge is 0.317 e. The topological polar surface area (TPSA) is 77.1 Å². The number of nitrogens with one attached hydrogen (secondary N) is 1. The molecule has 0 fully saturated rings. The van der Waals surface area contributed by atoms with E-state index in [1.54, 1.807) is 30.7 Å². The van der Waals surface area contributed by atoms with Crippen molar-refractivity contribution < 1.29 is 26.7 Å². The van der Waals surface area contributed by atoms with Gasteiger partial charge in [-0.2, -0.15) is 10.2 Å². The summed E-state index contributed by atoms with van der Waals surface area (Å²) in [6.45, 7) is 3.71. The van der Waals surface area contributed by atoms with Crippen molar-refractivity contribution >= 4 is 17.2 Å². The van der Waals surface area contributed by atoms with Gasteiger partial charge in [-0.25, -0.2) is 31.5 Å². The summed E-state index contributed by atoms with van der Waals surface area (Å²) in [5, 5.41) is 10.8. The second-order valence-corrected chi connectivity index (χ2v) is 7.29. The number of aryl methyl sites for hydroxylation is 1. The number of rotatable bonds is 6. The number of alkyl halides is 4. The maximum Gasteiger partial charge on any atom is 0.280 e. The molecule has 0 aliphatic rings. The third-order valence-electron chi connectivity index (χ3n) is 5.02. The van der Waals surface area contributed by atoms with Crippen LogP contribution in [-0.4, -0.2) is 30.3 Å². The van der Waals surface area contributed by atoms with Crippen LogP contribution < -0.4 is 5.32 Å². The molecule has 7 nitrogen and oxygen atoms in total.